The van der Waals surface area contributed by atoms with Crippen molar-refractivity contribution in [3.8, 4) is 0 Å². The molecule has 0 aromatic carbocycles. The van der Waals surface area contributed by atoms with Crippen molar-refractivity contribution >= 4 is 5.91 Å². The predicted molar refractivity (Wildman–Crippen MR) is 50.3 cm³/mol. The molecule has 1 aliphatic heterocycles. The van der Waals surface area contributed by atoms with Crippen LogP contribution in [0.5, 0.6) is 0 Å². The summed E-state index contributed by atoms with van der Waals surface area (Å²) in [4.78, 5) is 15.2. The number of carbonyl (C=O) groups is 1. The molecule has 1 amide bonds. The van der Waals surface area contributed by atoms with Crippen molar-refractivity contribution in [3.05, 3.63) is 0 Å². The number of rotatable bonds is 4. The highest BCUT2D eigenvalue weighted by atomic mass is 16.3. The van der Waals surface area contributed by atoms with Gasteiger partial charge in [0.2, 0.25) is 5.91 Å². The van der Waals surface area contributed by atoms with Crippen molar-refractivity contribution in [3.63, 3.8) is 0 Å². The minimum absolute atomic E-state index is 0.129. The molecule has 76 valence electrons. The molecule has 13 heavy (non-hydrogen) atoms. The van der Waals surface area contributed by atoms with Crippen LogP contribution in [0.3, 0.4) is 0 Å². The lowest BCUT2D eigenvalue weighted by Gasteiger charge is -2.18. The van der Waals surface area contributed by atoms with E-state index in [9.17, 15) is 4.79 Å². The standard InChI is InChI=1S/C9H18N2O2/c1-10(2)3-4-11-6-8(7-12)5-9(11)13/h8,12H,3-7H2,1-2H3. The van der Waals surface area contributed by atoms with Gasteiger partial charge in [-0.3, -0.25) is 4.79 Å². The Morgan fingerprint density at radius 3 is 2.77 bits per heavy atom. The Labute approximate surface area is 79.1 Å². The Kier molecular flexibility index (Phi) is 3.69. The molecule has 1 unspecified atom stereocenters. The maximum atomic E-state index is 11.4. The average molecular weight is 186 g/mol. The molecule has 0 aromatic heterocycles. The van der Waals surface area contributed by atoms with Crippen LogP contribution in [0, 0.1) is 5.92 Å². The topological polar surface area (TPSA) is 43.8 Å². The second-order valence-electron chi connectivity index (χ2n) is 3.90. The van der Waals surface area contributed by atoms with Crippen LogP contribution in [0.4, 0.5) is 0 Å². The van der Waals surface area contributed by atoms with Crippen LogP contribution >= 0.6 is 0 Å². The third kappa shape index (κ3) is 2.97. The van der Waals surface area contributed by atoms with Gasteiger partial charge in [0.25, 0.3) is 0 Å². The molecular weight excluding hydrogens is 168 g/mol. The summed E-state index contributed by atoms with van der Waals surface area (Å²) in [6.07, 6.45) is 0.518. The number of hydrogen-bond donors (Lipinski definition) is 1. The zero-order valence-electron chi connectivity index (χ0n) is 8.36. The summed E-state index contributed by atoms with van der Waals surface area (Å²) >= 11 is 0. The first-order valence-corrected chi connectivity index (χ1v) is 4.67. The molecule has 4 heteroatoms. The lowest BCUT2D eigenvalue weighted by molar-refractivity contribution is -0.127. The van der Waals surface area contributed by atoms with Gasteiger partial charge in [0, 0.05) is 38.6 Å². The van der Waals surface area contributed by atoms with Crippen LogP contribution in [0.15, 0.2) is 0 Å². The van der Waals surface area contributed by atoms with Crippen molar-refractivity contribution < 1.29 is 9.90 Å². The van der Waals surface area contributed by atoms with Crippen molar-refractivity contribution in [2.75, 3.05) is 40.3 Å². The summed E-state index contributed by atoms with van der Waals surface area (Å²) in [5, 5.41) is 8.89. The minimum Gasteiger partial charge on any atom is -0.396 e. The van der Waals surface area contributed by atoms with Gasteiger partial charge in [-0.25, -0.2) is 0 Å². The number of likely N-dealkylation sites (tertiary alicyclic amines) is 1. The number of hydrogen-bond acceptors (Lipinski definition) is 3. The molecule has 1 saturated heterocycles. The third-order valence-corrected chi connectivity index (χ3v) is 2.37. The van der Waals surface area contributed by atoms with Gasteiger partial charge in [0.1, 0.15) is 0 Å². The second-order valence-corrected chi connectivity index (χ2v) is 3.90. The number of aliphatic hydroxyl groups is 1. The molecule has 0 aromatic rings. The van der Waals surface area contributed by atoms with Crippen LogP contribution in [-0.2, 0) is 4.79 Å². The van der Waals surface area contributed by atoms with E-state index in [1.54, 1.807) is 0 Å². The zero-order valence-corrected chi connectivity index (χ0v) is 8.36. The van der Waals surface area contributed by atoms with Crippen molar-refractivity contribution in [1.29, 1.82) is 0 Å². The molecule has 1 rings (SSSR count). The van der Waals surface area contributed by atoms with Gasteiger partial charge in [-0.15, -0.1) is 0 Å². The van der Waals surface area contributed by atoms with Gasteiger partial charge in [-0.1, -0.05) is 0 Å². The Morgan fingerprint density at radius 1 is 1.62 bits per heavy atom. The Hall–Kier alpha value is -0.610. The Bertz CT molecular complexity index is 182. The van der Waals surface area contributed by atoms with E-state index in [0.717, 1.165) is 19.6 Å². The van der Waals surface area contributed by atoms with Crippen LogP contribution in [0.25, 0.3) is 0 Å². The van der Waals surface area contributed by atoms with Crippen LogP contribution in [0.1, 0.15) is 6.42 Å². The van der Waals surface area contributed by atoms with E-state index in [-0.39, 0.29) is 18.4 Å². The minimum atomic E-state index is 0.129. The maximum absolute atomic E-state index is 11.4. The van der Waals surface area contributed by atoms with Gasteiger partial charge >= 0.3 is 0 Å². The van der Waals surface area contributed by atoms with Gasteiger partial charge in [0.05, 0.1) is 0 Å². The first-order chi connectivity index (χ1) is 6.13. The third-order valence-electron chi connectivity index (χ3n) is 2.37. The largest absolute Gasteiger partial charge is 0.396 e. The fourth-order valence-electron chi connectivity index (χ4n) is 1.51. The van der Waals surface area contributed by atoms with E-state index in [4.69, 9.17) is 5.11 Å². The molecule has 1 fully saturated rings. The SMILES string of the molecule is CN(C)CCN1CC(CO)CC1=O. The van der Waals surface area contributed by atoms with Crippen molar-refractivity contribution in [2.24, 2.45) is 5.92 Å². The molecule has 0 spiro atoms. The lowest BCUT2D eigenvalue weighted by atomic mass is 10.1. The van der Waals surface area contributed by atoms with Gasteiger partial charge in [-0.05, 0) is 14.1 Å². The number of aliphatic hydroxyl groups excluding tert-OH is 1. The number of amides is 1. The first kappa shape index (κ1) is 10.5. The monoisotopic (exact) mass is 186 g/mol. The van der Waals surface area contributed by atoms with E-state index in [1.165, 1.54) is 0 Å². The first-order valence-electron chi connectivity index (χ1n) is 4.67. The van der Waals surface area contributed by atoms with E-state index < -0.39 is 0 Å². The lowest BCUT2D eigenvalue weighted by Crippen LogP contribution is -2.33. The number of carbonyl (C=O) groups excluding carboxylic acids is 1. The Morgan fingerprint density at radius 2 is 2.31 bits per heavy atom. The quantitative estimate of drug-likeness (QED) is 0.637. The molecular formula is C9H18N2O2. The van der Waals surface area contributed by atoms with Gasteiger partial charge < -0.3 is 14.9 Å². The normalized spacial score (nSPS) is 23.2. The zero-order chi connectivity index (χ0) is 9.84. The van der Waals surface area contributed by atoms with E-state index in [2.05, 4.69) is 4.90 Å². The number of nitrogens with zero attached hydrogens (tertiary/aromatic N) is 2. The molecule has 1 N–H and O–H groups in total. The fourth-order valence-corrected chi connectivity index (χ4v) is 1.51. The summed E-state index contributed by atoms with van der Waals surface area (Å²) in [5.41, 5.74) is 0. The molecule has 1 heterocycles. The molecule has 0 bridgehead atoms. The molecule has 0 saturated carbocycles. The molecule has 1 aliphatic rings. The maximum Gasteiger partial charge on any atom is 0.223 e. The van der Waals surface area contributed by atoms with E-state index in [0.29, 0.717) is 6.42 Å². The molecule has 0 aliphatic carbocycles. The summed E-state index contributed by atoms with van der Waals surface area (Å²) < 4.78 is 0. The van der Waals surface area contributed by atoms with Crippen molar-refractivity contribution in [2.45, 2.75) is 6.42 Å². The molecule has 0 radical (unpaired) electrons. The molecule has 1 atom stereocenters. The average Bonchev–Trinajstić information content (AvgIpc) is 2.43. The van der Waals surface area contributed by atoms with E-state index in [1.807, 2.05) is 19.0 Å². The Balaban J connectivity index is 2.31. The smallest absolute Gasteiger partial charge is 0.223 e. The highest BCUT2D eigenvalue weighted by Crippen LogP contribution is 2.16. The van der Waals surface area contributed by atoms with Gasteiger partial charge in [0.15, 0.2) is 0 Å². The number of likely N-dealkylation sites (N-methyl/N-ethyl adjacent to an activating group) is 1. The highest BCUT2D eigenvalue weighted by molar-refractivity contribution is 5.78. The summed E-state index contributed by atoms with van der Waals surface area (Å²) in [6.45, 7) is 2.53. The van der Waals surface area contributed by atoms with Gasteiger partial charge in [-0.2, -0.15) is 0 Å². The second kappa shape index (κ2) is 4.58. The summed E-state index contributed by atoms with van der Waals surface area (Å²) in [7, 11) is 3.98. The fraction of sp³-hybridized carbons (Fsp3) is 0.889. The summed E-state index contributed by atoms with van der Waals surface area (Å²) in [5.74, 6) is 0.343. The van der Waals surface area contributed by atoms with Crippen LogP contribution in [0.2, 0.25) is 0 Å². The predicted octanol–water partition coefficient (Wildman–Crippen LogP) is -0.611. The highest BCUT2D eigenvalue weighted by Gasteiger charge is 2.28. The molecule has 4 nitrogen and oxygen atoms in total. The summed E-state index contributed by atoms with van der Waals surface area (Å²) in [6, 6.07) is 0. The van der Waals surface area contributed by atoms with Crippen LogP contribution < -0.4 is 0 Å². The van der Waals surface area contributed by atoms with E-state index >= 15 is 0 Å². The van der Waals surface area contributed by atoms with Crippen molar-refractivity contribution in [1.82, 2.24) is 9.80 Å². The van der Waals surface area contributed by atoms with Crippen LogP contribution in [-0.4, -0.2) is 61.2 Å².